The molecule has 8 aliphatic rings. The van der Waals surface area contributed by atoms with E-state index in [1.807, 2.05) is 0 Å². The van der Waals surface area contributed by atoms with E-state index in [1.54, 1.807) is 0 Å². The molecule has 0 spiro atoms. The first-order valence-corrected chi connectivity index (χ1v) is 21.9. The van der Waals surface area contributed by atoms with Gasteiger partial charge in [0.15, 0.2) is 0 Å². The molecule has 8 rings (SSSR count). The van der Waals surface area contributed by atoms with E-state index in [1.165, 1.54) is 64.2 Å². The van der Waals surface area contributed by atoms with Gasteiger partial charge in [-0.1, -0.05) is 27.7 Å². The summed E-state index contributed by atoms with van der Waals surface area (Å²) in [7, 11) is 0. The van der Waals surface area contributed by atoms with Crippen molar-refractivity contribution in [1.82, 2.24) is 10.9 Å². The van der Waals surface area contributed by atoms with Crippen LogP contribution in [0.1, 0.15) is 169 Å². The van der Waals surface area contributed by atoms with Gasteiger partial charge < -0.3 is 10.2 Å². The number of aliphatic hydroxyl groups is 2. The number of nitrogens with one attached hydrogen (secondary N) is 2. The summed E-state index contributed by atoms with van der Waals surface area (Å²) in [4.78, 5) is 25.4. The van der Waals surface area contributed by atoms with Crippen molar-refractivity contribution in [2.75, 3.05) is 0 Å². The molecule has 0 radical (unpaired) electrons. The second-order valence-electron chi connectivity index (χ2n) is 20.6. The minimum Gasteiger partial charge on any atom is -0.393 e. The van der Waals surface area contributed by atoms with Crippen LogP contribution in [0.25, 0.3) is 0 Å². The largest absolute Gasteiger partial charge is 0.393 e. The van der Waals surface area contributed by atoms with Crippen LogP contribution in [-0.2, 0) is 9.59 Å². The number of fused-ring (bicyclic) bond motifs is 10. The summed E-state index contributed by atoms with van der Waals surface area (Å²) >= 11 is 0. The van der Waals surface area contributed by atoms with Crippen molar-refractivity contribution in [3.8, 4) is 0 Å². The fraction of sp³-hybridized carbons (Fsp3) is 0.909. The van der Waals surface area contributed by atoms with Gasteiger partial charge in [0.25, 0.3) is 0 Å². The van der Waals surface area contributed by atoms with Crippen molar-refractivity contribution in [2.45, 2.75) is 181 Å². The van der Waals surface area contributed by atoms with E-state index >= 15 is 0 Å². The van der Waals surface area contributed by atoms with Gasteiger partial charge in [-0.25, -0.2) is 10.9 Å². The van der Waals surface area contributed by atoms with Gasteiger partial charge in [-0.15, -0.1) is 0 Å². The lowest BCUT2D eigenvalue weighted by Gasteiger charge is -2.60. The molecule has 14 atom stereocenters. The highest BCUT2D eigenvalue weighted by Gasteiger charge is 2.61. The summed E-state index contributed by atoms with van der Waals surface area (Å²) in [6.45, 7) is 9.82. The van der Waals surface area contributed by atoms with Gasteiger partial charge in [-0.3, -0.25) is 9.59 Å². The van der Waals surface area contributed by atoms with E-state index < -0.39 is 0 Å². The first kappa shape index (κ1) is 37.1. The number of hydrazone groups is 2. The van der Waals surface area contributed by atoms with Gasteiger partial charge in [0.2, 0.25) is 11.8 Å². The minimum atomic E-state index is -0.114. The van der Waals surface area contributed by atoms with Gasteiger partial charge in [-0.05, 0) is 197 Å². The number of carbonyl (C=O) groups excluding carboxylic acids is 2. The maximum Gasteiger partial charge on any atom is 0.240 e. The molecule has 0 aliphatic heterocycles. The predicted octanol–water partition coefficient (Wildman–Crippen LogP) is 8.30. The summed E-state index contributed by atoms with van der Waals surface area (Å²) in [5.41, 5.74) is 8.98. The second kappa shape index (κ2) is 14.0. The van der Waals surface area contributed by atoms with Crippen LogP contribution in [0.4, 0.5) is 0 Å². The maximum absolute atomic E-state index is 12.7. The third kappa shape index (κ3) is 6.24. The van der Waals surface area contributed by atoms with Gasteiger partial charge >= 0.3 is 0 Å². The summed E-state index contributed by atoms with van der Waals surface area (Å²) in [5.74, 6) is 5.58. The Morgan fingerprint density at radius 3 is 1.38 bits per heavy atom. The van der Waals surface area contributed by atoms with Crippen molar-refractivity contribution in [3.05, 3.63) is 0 Å². The topological polar surface area (TPSA) is 123 Å². The van der Waals surface area contributed by atoms with Gasteiger partial charge in [0.1, 0.15) is 0 Å². The molecule has 52 heavy (non-hydrogen) atoms. The molecule has 8 saturated carbocycles. The zero-order valence-electron chi connectivity index (χ0n) is 32.9. The summed E-state index contributed by atoms with van der Waals surface area (Å²) < 4.78 is 0. The molecule has 8 nitrogen and oxygen atoms in total. The van der Waals surface area contributed by atoms with E-state index in [0.717, 1.165) is 86.5 Å². The first-order chi connectivity index (χ1) is 24.8. The molecule has 8 aliphatic carbocycles. The van der Waals surface area contributed by atoms with Gasteiger partial charge in [-0.2, -0.15) is 10.2 Å². The van der Waals surface area contributed by atoms with E-state index in [4.69, 9.17) is 0 Å². The highest BCUT2D eigenvalue weighted by molar-refractivity contribution is 5.88. The lowest BCUT2D eigenvalue weighted by molar-refractivity contribution is -0.123. The Hall–Kier alpha value is -1.80. The molecule has 0 aromatic heterocycles. The van der Waals surface area contributed by atoms with E-state index in [-0.39, 0.29) is 34.9 Å². The number of hydrogen-bond acceptors (Lipinski definition) is 6. The van der Waals surface area contributed by atoms with Crippen molar-refractivity contribution < 1.29 is 19.8 Å². The van der Waals surface area contributed by atoms with Crippen molar-refractivity contribution in [1.29, 1.82) is 0 Å². The molecule has 14 unspecified atom stereocenters. The first-order valence-electron chi connectivity index (χ1n) is 21.9. The normalized spacial score (nSPS) is 49.6. The number of rotatable bonds is 7. The van der Waals surface area contributed by atoms with E-state index in [2.05, 4.69) is 48.7 Å². The Kier molecular flexibility index (Phi) is 10.0. The number of nitrogens with zero attached hydrogens (tertiary/aromatic N) is 2. The van der Waals surface area contributed by atoms with Crippen LogP contribution in [0.2, 0.25) is 0 Å². The number of amides is 2. The summed E-state index contributed by atoms with van der Waals surface area (Å²) in [6, 6.07) is 0. The average Bonchev–Trinajstić information content (AvgIpc) is 3.61. The average molecular weight is 719 g/mol. The zero-order chi connectivity index (χ0) is 36.5. The number of unbranched alkanes of at least 4 members (excludes halogenated alkanes) is 1. The molecule has 8 fully saturated rings. The zero-order valence-corrected chi connectivity index (χ0v) is 32.9. The van der Waals surface area contributed by atoms with Crippen LogP contribution in [0.3, 0.4) is 0 Å². The summed E-state index contributed by atoms with van der Waals surface area (Å²) in [6.07, 6.45) is 22.4. The van der Waals surface area contributed by atoms with Crippen molar-refractivity contribution in [2.24, 2.45) is 79.2 Å². The Bertz CT molecular complexity index is 1340. The van der Waals surface area contributed by atoms with Crippen molar-refractivity contribution >= 4 is 23.2 Å². The Balaban J connectivity index is 0.741. The standard InChI is InChI=1S/C44H70N4O4/c1-41-21-17-29(25-27(41)9-11-31-33-13-15-37(49)43(33,3)23-19-35(31)41)45-47-39(51)7-5-6-8-40(52)48-46-30-18-22-42(2)28(26-30)10-12-32-34-14-16-38(50)44(34,4)24-20-36(32)42/h27-28,31-38,49-50H,5-26H2,1-4H3,(H,47,51)(H,48,52)/b45-29+,46-30+. The van der Waals surface area contributed by atoms with Crippen LogP contribution in [-0.4, -0.2) is 45.7 Å². The van der Waals surface area contributed by atoms with Crippen LogP contribution < -0.4 is 10.9 Å². The fourth-order valence-electron chi connectivity index (χ4n) is 15.2. The molecule has 2 amide bonds. The second-order valence-corrected chi connectivity index (χ2v) is 20.6. The lowest BCUT2D eigenvalue weighted by Crippen LogP contribution is -2.54. The number of hydrogen-bond donors (Lipinski definition) is 4. The minimum absolute atomic E-state index is 0.0526. The lowest BCUT2D eigenvalue weighted by atomic mass is 9.45. The summed E-state index contributed by atoms with van der Waals surface area (Å²) in [5, 5.41) is 30.8. The molecule has 290 valence electrons. The SMILES string of the molecule is CC12CCC3C(CCC4C/C(=N/NC(=O)CCCCC(=O)N/N=C5\CCC6(C)C(CCC7C8CCC(O)C8(C)CCC76)C5)CCC43C)C1CCC2O. The fourth-order valence-corrected chi connectivity index (χ4v) is 15.2. The molecular formula is C44H70N4O4. The quantitative estimate of drug-likeness (QED) is 0.156. The van der Waals surface area contributed by atoms with E-state index in [9.17, 15) is 19.8 Å². The maximum atomic E-state index is 12.7. The third-order valence-corrected chi connectivity index (χ3v) is 18.6. The van der Waals surface area contributed by atoms with Crippen LogP contribution in [0.5, 0.6) is 0 Å². The molecule has 4 N–H and O–H groups in total. The molecular weight excluding hydrogens is 649 g/mol. The van der Waals surface area contributed by atoms with Crippen molar-refractivity contribution in [3.63, 3.8) is 0 Å². The molecule has 0 bridgehead atoms. The van der Waals surface area contributed by atoms with Gasteiger partial charge in [0, 0.05) is 24.3 Å². The highest BCUT2D eigenvalue weighted by atomic mass is 16.3. The Labute approximate surface area is 313 Å². The molecule has 0 aromatic rings. The van der Waals surface area contributed by atoms with Crippen LogP contribution in [0.15, 0.2) is 10.2 Å². The van der Waals surface area contributed by atoms with Gasteiger partial charge in [0.05, 0.1) is 12.2 Å². The molecule has 8 heteroatoms. The molecule has 0 aromatic carbocycles. The number of carbonyl (C=O) groups is 2. The Morgan fingerprint density at radius 1 is 0.558 bits per heavy atom. The predicted molar refractivity (Wildman–Crippen MR) is 205 cm³/mol. The molecule has 0 heterocycles. The number of aliphatic hydroxyl groups excluding tert-OH is 2. The smallest absolute Gasteiger partial charge is 0.240 e. The third-order valence-electron chi connectivity index (χ3n) is 18.6. The highest BCUT2D eigenvalue weighted by Crippen LogP contribution is 2.67. The van der Waals surface area contributed by atoms with E-state index in [0.29, 0.717) is 60.2 Å². The van der Waals surface area contributed by atoms with Crippen LogP contribution in [0, 0.1) is 69.0 Å². The van der Waals surface area contributed by atoms with Crippen LogP contribution >= 0.6 is 0 Å². The monoisotopic (exact) mass is 719 g/mol. The molecule has 0 saturated heterocycles. The Morgan fingerprint density at radius 2 is 0.962 bits per heavy atom.